The molecule has 3 rings (SSSR count). The van der Waals surface area contributed by atoms with E-state index in [1.54, 1.807) is 0 Å². The number of hydrogen-bond acceptors (Lipinski definition) is 6. The number of benzene rings is 2. The first-order valence-electron chi connectivity index (χ1n) is 11.6. The summed E-state index contributed by atoms with van der Waals surface area (Å²) in [7, 11) is 0. The third-order valence-electron chi connectivity index (χ3n) is 6.03. The lowest BCUT2D eigenvalue weighted by atomic mass is 9.99. The summed E-state index contributed by atoms with van der Waals surface area (Å²) in [5.41, 5.74) is 6.87. The Morgan fingerprint density at radius 1 is 0.909 bits per heavy atom. The summed E-state index contributed by atoms with van der Waals surface area (Å²) in [5, 5.41) is 5.99. The van der Waals surface area contributed by atoms with Crippen LogP contribution in [0.3, 0.4) is 0 Å². The summed E-state index contributed by atoms with van der Waals surface area (Å²) in [5.74, 6) is -1.83. The molecule has 1 fully saturated rings. The quantitative estimate of drug-likeness (QED) is 0.378. The largest absolute Gasteiger partial charge is 0.390 e. The molecule has 0 aliphatic heterocycles. The van der Waals surface area contributed by atoms with Gasteiger partial charge in [-0.3, -0.25) is 4.79 Å². The van der Waals surface area contributed by atoms with Gasteiger partial charge in [0, 0.05) is 6.42 Å². The van der Waals surface area contributed by atoms with Crippen LogP contribution in [0.1, 0.15) is 43.7 Å². The summed E-state index contributed by atoms with van der Waals surface area (Å²) in [4.78, 5) is 38.8. The van der Waals surface area contributed by atoms with Crippen molar-refractivity contribution in [3.05, 3.63) is 71.8 Å². The van der Waals surface area contributed by atoms with E-state index in [4.69, 9.17) is 10.5 Å². The highest BCUT2D eigenvalue weighted by Crippen LogP contribution is 2.28. The molecule has 2 atom stereocenters. The fourth-order valence-electron chi connectivity index (χ4n) is 4.14. The first-order valence-corrected chi connectivity index (χ1v) is 11.6. The van der Waals surface area contributed by atoms with Gasteiger partial charge in [0.05, 0.1) is 6.04 Å². The molecule has 4 N–H and O–H groups in total. The molecule has 0 saturated heterocycles. The predicted octanol–water partition coefficient (Wildman–Crippen LogP) is 2.28. The summed E-state index contributed by atoms with van der Waals surface area (Å²) in [6.45, 7) is 2.51. The van der Waals surface area contributed by atoms with E-state index in [-0.39, 0.29) is 12.3 Å². The molecule has 1 aliphatic carbocycles. The molecular formula is C26H33N3O4. The molecule has 33 heavy (non-hydrogen) atoms. The molecule has 0 unspecified atom stereocenters. The van der Waals surface area contributed by atoms with Crippen molar-refractivity contribution in [3.63, 3.8) is 0 Å². The molecule has 7 heteroatoms. The van der Waals surface area contributed by atoms with Crippen molar-refractivity contribution in [2.75, 3.05) is 6.54 Å². The number of nitrogens with one attached hydrogen (secondary N) is 2. The average Bonchev–Trinajstić information content (AvgIpc) is 3.27. The maximum Gasteiger partial charge on any atom is 0.336 e. The van der Waals surface area contributed by atoms with Gasteiger partial charge in [-0.15, -0.1) is 0 Å². The number of nitrogens with two attached hydrogens (primary N) is 1. The van der Waals surface area contributed by atoms with E-state index in [9.17, 15) is 14.4 Å². The van der Waals surface area contributed by atoms with E-state index < -0.39 is 29.6 Å². The van der Waals surface area contributed by atoms with Crippen molar-refractivity contribution in [3.8, 4) is 0 Å². The zero-order valence-corrected chi connectivity index (χ0v) is 19.1. The first-order chi connectivity index (χ1) is 15.9. The number of amides is 1. The minimum atomic E-state index is -1.13. The van der Waals surface area contributed by atoms with E-state index in [0.29, 0.717) is 25.8 Å². The number of hydrogen-bond donors (Lipinski definition) is 3. The molecular weight excluding hydrogens is 418 g/mol. The van der Waals surface area contributed by atoms with Crippen LogP contribution in [0.15, 0.2) is 60.7 Å². The van der Waals surface area contributed by atoms with Crippen LogP contribution in [0.25, 0.3) is 0 Å². The Morgan fingerprint density at radius 3 is 1.94 bits per heavy atom. The highest BCUT2D eigenvalue weighted by Gasteiger charge is 2.41. The van der Waals surface area contributed by atoms with Crippen molar-refractivity contribution < 1.29 is 19.1 Å². The molecule has 1 aliphatic rings. The molecule has 0 heterocycles. The summed E-state index contributed by atoms with van der Waals surface area (Å²) < 4.78 is 5.19. The second kappa shape index (κ2) is 11.7. The minimum absolute atomic E-state index is 0.209. The lowest BCUT2D eigenvalue weighted by Crippen LogP contribution is -2.54. The van der Waals surface area contributed by atoms with E-state index >= 15 is 0 Å². The van der Waals surface area contributed by atoms with Crippen molar-refractivity contribution in [1.82, 2.24) is 10.6 Å². The number of carbonyl (C=O) groups excluding carboxylic acids is 3. The predicted molar refractivity (Wildman–Crippen MR) is 126 cm³/mol. The second-order valence-electron chi connectivity index (χ2n) is 8.62. The van der Waals surface area contributed by atoms with Crippen LogP contribution in [0, 0.1) is 0 Å². The SMILES string of the molecule is CCN[C@@H](Cc1ccccc1)C(=O)N[C@@H](Cc1ccccc1)C(=O)OC(=O)C1(N)CCCC1. The van der Waals surface area contributed by atoms with Crippen LogP contribution < -0.4 is 16.4 Å². The second-order valence-corrected chi connectivity index (χ2v) is 8.62. The summed E-state index contributed by atoms with van der Waals surface area (Å²) >= 11 is 0. The Morgan fingerprint density at radius 2 is 1.42 bits per heavy atom. The Bertz CT molecular complexity index is 927. The lowest BCUT2D eigenvalue weighted by molar-refractivity contribution is -0.165. The Balaban J connectivity index is 1.73. The molecule has 1 saturated carbocycles. The normalized spacial score (nSPS) is 16.5. The molecule has 0 bridgehead atoms. The van der Waals surface area contributed by atoms with Crippen molar-refractivity contribution in [2.45, 2.75) is 63.1 Å². The molecule has 2 aromatic rings. The maximum atomic E-state index is 13.2. The number of likely N-dealkylation sites (N-methyl/N-ethyl adjacent to an activating group) is 1. The van der Waals surface area contributed by atoms with Crippen LogP contribution in [0.4, 0.5) is 0 Å². The minimum Gasteiger partial charge on any atom is -0.390 e. The van der Waals surface area contributed by atoms with Crippen LogP contribution in [-0.2, 0) is 32.0 Å². The van der Waals surface area contributed by atoms with Gasteiger partial charge in [-0.25, -0.2) is 9.59 Å². The zero-order chi connectivity index (χ0) is 23.7. The summed E-state index contributed by atoms with van der Waals surface area (Å²) in [6, 6.07) is 17.4. The van der Waals surface area contributed by atoms with Gasteiger partial charge in [0.25, 0.3) is 0 Å². The van der Waals surface area contributed by atoms with Crippen LogP contribution in [0.5, 0.6) is 0 Å². The van der Waals surface area contributed by atoms with Gasteiger partial charge in [0.1, 0.15) is 11.6 Å². The smallest absolute Gasteiger partial charge is 0.336 e. The standard InChI is InChI=1S/C26H33N3O4/c1-2-28-21(17-19-11-5-3-6-12-19)23(30)29-22(18-20-13-7-4-8-14-20)24(31)33-25(32)26(27)15-9-10-16-26/h3-8,11-14,21-22,28H,2,9-10,15-18,27H2,1H3,(H,29,30)/t21-,22-/m0/s1. The van der Waals surface area contributed by atoms with Gasteiger partial charge in [0.15, 0.2) is 0 Å². The van der Waals surface area contributed by atoms with Crippen LogP contribution in [0.2, 0.25) is 0 Å². The molecule has 0 spiro atoms. The average molecular weight is 452 g/mol. The van der Waals surface area contributed by atoms with Gasteiger partial charge in [-0.1, -0.05) is 80.4 Å². The van der Waals surface area contributed by atoms with Crippen molar-refractivity contribution >= 4 is 17.8 Å². The molecule has 0 aromatic heterocycles. The molecule has 176 valence electrons. The fraction of sp³-hybridized carbons (Fsp3) is 0.423. The van der Waals surface area contributed by atoms with E-state index in [1.807, 2.05) is 67.6 Å². The Kier molecular flexibility index (Phi) is 8.74. The van der Waals surface area contributed by atoms with Crippen molar-refractivity contribution in [1.29, 1.82) is 0 Å². The molecule has 2 aromatic carbocycles. The topological polar surface area (TPSA) is 111 Å². The zero-order valence-electron chi connectivity index (χ0n) is 19.1. The van der Waals surface area contributed by atoms with E-state index in [0.717, 1.165) is 24.0 Å². The molecule has 1 amide bonds. The third-order valence-corrected chi connectivity index (χ3v) is 6.03. The Labute approximate surface area is 195 Å². The van der Waals surface area contributed by atoms with Gasteiger partial charge in [-0.2, -0.15) is 0 Å². The highest BCUT2D eigenvalue weighted by molar-refractivity contribution is 5.95. The van der Waals surface area contributed by atoms with Crippen LogP contribution >= 0.6 is 0 Å². The van der Waals surface area contributed by atoms with E-state index in [1.165, 1.54) is 0 Å². The van der Waals surface area contributed by atoms with Crippen molar-refractivity contribution in [2.24, 2.45) is 5.73 Å². The maximum absolute atomic E-state index is 13.2. The van der Waals surface area contributed by atoms with E-state index in [2.05, 4.69) is 10.6 Å². The molecule has 7 nitrogen and oxygen atoms in total. The lowest BCUT2D eigenvalue weighted by Gasteiger charge is -2.24. The van der Waals surface area contributed by atoms with Crippen LogP contribution in [-0.4, -0.2) is 42.0 Å². The Hall–Kier alpha value is -3.03. The molecule has 0 radical (unpaired) electrons. The van der Waals surface area contributed by atoms with Gasteiger partial charge >= 0.3 is 11.9 Å². The summed E-state index contributed by atoms with van der Waals surface area (Å²) in [6.07, 6.45) is 3.32. The number of rotatable bonds is 10. The van der Waals surface area contributed by atoms with Gasteiger partial charge < -0.3 is 21.1 Å². The number of ether oxygens (including phenoxy) is 1. The monoisotopic (exact) mass is 451 g/mol. The van der Waals surface area contributed by atoms with Gasteiger partial charge in [0.2, 0.25) is 5.91 Å². The third kappa shape index (κ3) is 6.97. The number of esters is 2. The highest BCUT2D eigenvalue weighted by atomic mass is 16.6. The number of carbonyl (C=O) groups is 3. The first kappa shape index (κ1) is 24.6. The fourth-order valence-corrected chi connectivity index (χ4v) is 4.14. The van der Waals surface area contributed by atoms with Gasteiger partial charge in [-0.05, 0) is 36.9 Å².